The normalized spacial score (nSPS) is 11.8. The molecule has 0 bridgehead atoms. The van der Waals surface area contributed by atoms with Gasteiger partial charge in [0, 0.05) is 17.1 Å². The molecule has 0 aliphatic carbocycles. The molecule has 1 atom stereocenters. The van der Waals surface area contributed by atoms with Gasteiger partial charge in [-0.1, -0.05) is 41.9 Å². The molecule has 0 heterocycles. The van der Waals surface area contributed by atoms with Gasteiger partial charge in [0.15, 0.2) is 6.54 Å². The largest absolute Gasteiger partial charge is 0.496 e. The molecule has 128 valence electrons. The van der Waals surface area contributed by atoms with Crippen molar-refractivity contribution in [3.63, 3.8) is 0 Å². The molecule has 0 fully saturated rings. The van der Waals surface area contributed by atoms with Crippen molar-refractivity contribution in [2.75, 3.05) is 20.2 Å². The van der Waals surface area contributed by atoms with Crippen molar-refractivity contribution >= 4 is 17.5 Å². The van der Waals surface area contributed by atoms with E-state index in [0.29, 0.717) is 18.1 Å². The van der Waals surface area contributed by atoms with Gasteiger partial charge in [-0.05, 0) is 37.1 Å². The predicted molar refractivity (Wildman–Crippen MR) is 96.4 cm³/mol. The molecular weight excluding hydrogens is 324 g/mol. The third-order valence-corrected chi connectivity index (χ3v) is 4.18. The molecule has 0 unspecified atom stereocenters. The maximum absolute atomic E-state index is 12.0. The van der Waals surface area contributed by atoms with E-state index in [2.05, 4.69) is 12.2 Å². The summed E-state index contributed by atoms with van der Waals surface area (Å²) >= 11 is 6.00. The Labute approximate surface area is 148 Å². The minimum atomic E-state index is 0.0266. The molecule has 0 aliphatic rings. The molecule has 0 saturated carbocycles. The lowest BCUT2D eigenvalue weighted by Crippen LogP contribution is -2.87. The maximum atomic E-state index is 12.0. The molecule has 0 aromatic heterocycles. The van der Waals surface area contributed by atoms with E-state index in [4.69, 9.17) is 16.3 Å². The zero-order chi connectivity index (χ0) is 17.4. The average Bonchev–Trinajstić information content (AvgIpc) is 2.60. The van der Waals surface area contributed by atoms with Gasteiger partial charge in [0.05, 0.1) is 7.11 Å². The highest BCUT2D eigenvalue weighted by Crippen LogP contribution is 2.17. The highest BCUT2D eigenvalue weighted by Gasteiger charge is 2.11. The molecule has 24 heavy (non-hydrogen) atoms. The van der Waals surface area contributed by atoms with Crippen molar-refractivity contribution in [1.29, 1.82) is 0 Å². The number of benzene rings is 2. The van der Waals surface area contributed by atoms with Gasteiger partial charge in [0.2, 0.25) is 0 Å². The molecule has 4 nitrogen and oxygen atoms in total. The summed E-state index contributed by atoms with van der Waals surface area (Å²) in [6.45, 7) is 3.05. The third kappa shape index (κ3) is 5.55. The SMILES string of the molecule is COc1ccccc1CCNC(=O)C[NH2+][C@H](C)c1cccc(Cl)c1. The molecule has 3 N–H and O–H groups in total. The second-order valence-electron chi connectivity index (χ2n) is 5.70. The predicted octanol–water partition coefficient (Wildman–Crippen LogP) is 2.33. The molecule has 2 aromatic carbocycles. The minimum absolute atomic E-state index is 0.0266. The fourth-order valence-electron chi connectivity index (χ4n) is 2.53. The Morgan fingerprint density at radius 1 is 1.25 bits per heavy atom. The van der Waals surface area contributed by atoms with Crippen LogP contribution in [0.5, 0.6) is 5.75 Å². The van der Waals surface area contributed by atoms with E-state index in [1.807, 2.05) is 53.8 Å². The second kappa shape index (κ2) is 9.30. The number of halogens is 1. The summed E-state index contributed by atoms with van der Waals surface area (Å²) in [4.78, 5) is 12.0. The summed E-state index contributed by atoms with van der Waals surface area (Å²) in [7, 11) is 1.66. The topological polar surface area (TPSA) is 54.9 Å². The zero-order valence-corrected chi connectivity index (χ0v) is 14.8. The first-order chi connectivity index (χ1) is 11.6. The van der Waals surface area contributed by atoms with Crippen molar-refractivity contribution in [3.05, 3.63) is 64.7 Å². The second-order valence-corrected chi connectivity index (χ2v) is 6.13. The summed E-state index contributed by atoms with van der Waals surface area (Å²) in [6, 6.07) is 15.8. The van der Waals surface area contributed by atoms with Crippen molar-refractivity contribution in [1.82, 2.24) is 5.32 Å². The van der Waals surface area contributed by atoms with Crippen molar-refractivity contribution < 1.29 is 14.8 Å². The zero-order valence-electron chi connectivity index (χ0n) is 14.1. The number of carbonyl (C=O) groups is 1. The van der Waals surface area contributed by atoms with Crippen LogP contribution in [0.2, 0.25) is 5.02 Å². The number of carbonyl (C=O) groups excluding carboxylic acids is 1. The smallest absolute Gasteiger partial charge is 0.275 e. The van der Waals surface area contributed by atoms with Crippen LogP contribution in [0.15, 0.2) is 48.5 Å². The lowest BCUT2D eigenvalue weighted by Gasteiger charge is -2.12. The monoisotopic (exact) mass is 347 g/mol. The molecule has 2 aromatic rings. The Kier molecular flexibility index (Phi) is 7.09. The average molecular weight is 348 g/mol. The van der Waals surface area contributed by atoms with Gasteiger partial charge in [0.25, 0.3) is 5.91 Å². The van der Waals surface area contributed by atoms with Crippen LogP contribution in [-0.2, 0) is 11.2 Å². The number of para-hydroxylation sites is 1. The quantitative estimate of drug-likeness (QED) is 0.770. The Bertz CT molecular complexity index is 676. The Balaban J connectivity index is 1.73. The Hall–Kier alpha value is -2.04. The number of ether oxygens (including phenoxy) is 1. The molecule has 1 amide bonds. The molecule has 0 spiro atoms. The highest BCUT2D eigenvalue weighted by atomic mass is 35.5. The van der Waals surface area contributed by atoms with Crippen molar-refractivity contribution in [2.24, 2.45) is 0 Å². The van der Waals surface area contributed by atoms with Crippen LogP contribution in [-0.4, -0.2) is 26.1 Å². The minimum Gasteiger partial charge on any atom is -0.496 e. The van der Waals surface area contributed by atoms with E-state index in [1.54, 1.807) is 7.11 Å². The summed E-state index contributed by atoms with van der Waals surface area (Å²) in [5.41, 5.74) is 2.21. The van der Waals surface area contributed by atoms with Crippen molar-refractivity contribution in [3.8, 4) is 5.75 Å². The van der Waals surface area contributed by atoms with Crippen LogP contribution in [0.1, 0.15) is 24.1 Å². The highest BCUT2D eigenvalue weighted by molar-refractivity contribution is 6.30. The first kappa shape index (κ1) is 18.3. The molecule has 2 rings (SSSR count). The summed E-state index contributed by atoms with van der Waals surface area (Å²) in [5.74, 6) is 0.881. The molecule has 0 radical (unpaired) electrons. The Morgan fingerprint density at radius 2 is 2.04 bits per heavy atom. The van der Waals surface area contributed by atoms with E-state index in [9.17, 15) is 4.79 Å². The van der Waals surface area contributed by atoms with Crippen LogP contribution >= 0.6 is 11.6 Å². The summed E-state index contributed by atoms with van der Waals surface area (Å²) < 4.78 is 5.31. The Morgan fingerprint density at radius 3 is 2.79 bits per heavy atom. The van der Waals surface area contributed by atoms with E-state index in [1.165, 1.54) is 0 Å². The van der Waals surface area contributed by atoms with E-state index in [0.717, 1.165) is 23.3 Å². The standard InChI is InChI=1S/C19H23ClN2O2/c1-14(16-7-5-8-17(20)12-16)22-13-19(23)21-11-10-15-6-3-4-9-18(15)24-2/h3-9,12,14,22H,10-11,13H2,1-2H3,(H,21,23)/p+1/t14-/m1/s1. The van der Waals surface area contributed by atoms with Gasteiger partial charge < -0.3 is 15.4 Å². The lowest BCUT2D eigenvalue weighted by atomic mass is 10.1. The number of hydrogen-bond donors (Lipinski definition) is 2. The van der Waals surface area contributed by atoms with Crippen LogP contribution in [0, 0.1) is 0 Å². The van der Waals surface area contributed by atoms with Crippen LogP contribution in [0.3, 0.4) is 0 Å². The third-order valence-electron chi connectivity index (χ3n) is 3.94. The van der Waals surface area contributed by atoms with Gasteiger partial charge in [-0.25, -0.2) is 0 Å². The summed E-state index contributed by atoms with van der Waals surface area (Å²) in [5, 5.41) is 5.67. The summed E-state index contributed by atoms with van der Waals surface area (Å²) in [6.07, 6.45) is 0.750. The number of amides is 1. The molecular formula is C19H24ClN2O2+. The van der Waals surface area contributed by atoms with Gasteiger partial charge in [-0.2, -0.15) is 0 Å². The fraction of sp³-hybridized carbons (Fsp3) is 0.316. The van der Waals surface area contributed by atoms with Crippen LogP contribution in [0.25, 0.3) is 0 Å². The fourth-order valence-corrected chi connectivity index (χ4v) is 2.73. The van der Waals surface area contributed by atoms with Gasteiger partial charge >= 0.3 is 0 Å². The van der Waals surface area contributed by atoms with Gasteiger partial charge in [0.1, 0.15) is 11.8 Å². The molecule has 0 aliphatic heterocycles. The number of quaternary nitrogens is 1. The molecule has 5 heteroatoms. The first-order valence-electron chi connectivity index (χ1n) is 8.07. The number of methoxy groups -OCH3 is 1. The van der Waals surface area contributed by atoms with Gasteiger partial charge in [-0.3, -0.25) is 4.79 Å². The van der Waals surface area contributed by atoms with Crippen LogP contribution < -0.4 is 15.4 Å². The molecule has 0 saturated heterocycles. The maximum Gasteiger partial charge on any atom is 0.275 e. The first-order valence-corrected chi connectivity index (χ1v) is 8.45. The number of nitrogens with one attached hydrogen (secondary N) is 1. The van der Waals surface area contributed by atoms with Crippen molar-refractivity contribution in [2.45, 2.75) is 19.4 Å². The van der Waals surface area contributed by atoms with E-state index >= 15 is 0 Å². The number of rotatable bonds is 8. The van der Waals surface area contributed by atoms with Gasteiger partial charge in [-0.15, -0.1) is 0 Å². The van der Waals surface area contributed by atoms with E-state index in [-0.39, 0.29) is 11.9 Å². The number of nitrogens with two attached hydrogens (primary N) is 1. The lowest BCUT2D eigenvalue weighted by molar-refractivity contribution is -0.682. The van der Waals surface area contributed by atoms with E-state index < -0.39 is 0 Å². The number of hydrogen-bond acceptors (Lipinski definition) is 2. The van der Waals surface area contributed by atoms with Crippen LogP contribution in [0.4, 0.5) is 0 Å².